The van der Waals surface area contributed by atoms with Gasteiger partial charge in [0.15, 0.2) is 0 Å². The molecular formula is C8H11F3N2O3. The monoisotopic (exact) mass is 240 g/mol. The lowest BCUT2D eigenvalue weighted by Gasteiger charge is -2.21. The molecule has 0 radical (unpaired) electrons. The number of rotatable bonds is 4. The number of hydrogen-bond acceptors (Lipinski definition) is 4. The summed E-state index contributed by atoms with van der Waals surface area (Å²) in [6.07, 6.45) is -4.19. The van der Waals surface area contributed by atoms with Gasteiger partial charge in [-0.15, -0.1) is 13.2 Å². The number of halogens is 3. The van der Waals surface area contributed by atoms with Crippen LogP contribution in [0.2, 0.25) is 0 Å². The summed E-state index contributed by atoms with van der Waals surface area (Å²) in [5.41, 5.74) is 0. The second-order valence-corrected chi connectivity index (χ2v) is 3.25. The fourth-order valence-corrected chi connectivity index (χ4v) is 1.29. The van der Waals surface area contributed by atoms with Crippen molar-refractivity contribution in [1.29, 1.82) is 0 Å². The third-order valence-corrected chi connectivity index (χ3v) is 2.00. The Morgan fingerprint density at radius 1 is 1.44 bits per heavy atom. The van der Waals surface area contributed by atoms with Gasteiger partial charge < -0.3 is 5.32 Å². The lowest BCUT2D eigenvalue weighted by Crippen LogP contribution is -2.51. The quantitative estimate of drug-likeness (QED) is 0.532. The van der Waals surface area contributed by atoms with E-state index in [0.29, 0.717) is 0 Å². The Morgan fingerprint density at radius 3 is 2.69 bits per heavy atom. The van der Waals surface area contributed by atoms with Gasteiger partial charge in [-0.1, -0.05) is 0 Å². The smallest absolute Gasteiger partial charge is 0.304 e. The minimum Gasteiger partial charge on any atom is -0.304 e. The van der Waals surface area contributed by atoms with E-state index in [1.54, 1.807) is 0 Å². The molecule has 1 atom stereocenters. The zero-order chi connectivity index (χ0) is 12.2. The molecule has 0 saturated carbocycles. The number of nitrogens with one attached hydrogen (secondary N) is 2. The summed E-state index contributed by atoms with van der Waals surface area (Å²) in [7, 11) is 0. The zero-order valence-corrected chi connectivity index (χ0v) is 8.26. The molecule has 1 heterocycles. The van der Waals surface area contributed by atoms with Gasteiger partial charge in [-0.2, -0.15) is 0 Å². The summed E-state index contributed by atoms with van der Waals surface area (Å²) in [5, 5.41) is 4.66. The van der Waals surface area contributed by atoms with Crippen molar-refractivity contribution in [2.45, 2.75) is 25.2 Å². The van der Waals surface area contributed by atoms with Crippen molar-refractivity contribution >= 4 is 11.8 Å². The van der Waals surface area contributed by atoms with E-state index in [9.17, 15) is 22.8 Å². The molecule has 2 amide bonds. The van der Waals surface area contributed by atoms with Crippen molar-refractivity contribution < 1.29 is 27.5 Å². The minimum absolute atomic E-state index is 0.105. The van der Waals surface area contributed by atoms with Crippen molar-refractivity contribution in [3.63, 3.8) is 0 Å². The second kappa shape index (κ2) is 5.26. The van der Waals surface area contributed by atoms with Crippen LogP contribution in [-0.2, 0) is 14.3 Å². The number of hydrogen-bond donors (Lipinski definition) is 2. The Hall–Kier alpha value is -1.15. The first kappa shape index (κ1) is 12.9. The van der Waals surface area contributed by atoms with Gasteiger partial charge >= 0.3 is 6.36 Å². The average Bonchev–Trinajstić information content (AvgIpc) is 2.13. The molecule has 0 aromatic heterocycles. The highest BCUT2D eigenvalue weighted by Gasteiger charge is 2.29. The Labute approximate surface area is 89.3 Å². The van der Waals surface area contributed by atoms with E-state index in [1.807, 2.05) is 0 Å². The van der Waals surface area contributed by atoms with Crippen LogP contribution in [0.15, 0.2) is 0 Å². The van der Waals surface area contributed by atoms with Crippen LogP contribution in [0.5, 0.6) is 0 Å². The summed E-state index contributed by atoms with van der Waals surface area (Å²) >= 11 is 0. The topological polar surface area (TPSA) is 67.4 Å². The normalized spacial score (nSPS) is 22.1. The molecule has 1 saturated heterocycles. The van der Waals surface area contributed by atoms with Gasteiger partial charge in [-0.25, -0.2) is 0 Å². The first-order valence-corrected chi connectivity index (χ1v) is 4.66. The maximum atomic E-state index is 11.6. The molecule has 1 rings (SSSR count). The molecule has 0 aromatic carbocycles. The fourth-order valence-electron chi connectivity index (χ4n) is 1.29. The number of carbonyl (C=O) groups is 2. The van der Waals surface area contributed by atoms with Crippen LogP contribution in [0.1, 0.15) is 12.8 Å². The summed E-state index contributed by atoms with van der Waals surface area (Å²) in [4.78, 5) is 21.9. The van der Waals surface area contributed by atoms with E-state index in [-0.39, 0.29) is 25.3 Å². The molecule has 1 fully saturated rings. The number of imide groups is 1. The molecule has 0 bridgehead atoms. The van der Waals surface area contributed by atoms with Crippen molar-refractivity contribution in [2.24, 2.45) is 0 Å². The Bertz CT molecular complexity index is 280. The van der Waals surface area contributed by atoms with Crippen LogP contribution in [0, 0.1) is 0 Å². The van der Waals surface area contributed by atoms with Gasteiger partial charge in [0.25, 0.3) is 0 Å². The van der Waals surface area contributed by atoms with Crippen molar-refractivity contribution in [3.05, 3.63) is 0 Å². The Balaban J connectivity index is 2.18. The molecule has 0 aromatic rings. The zero-order valence-electron chi connectivity index (χ0n) is 8.26. The highest BCUT2D eigenvalue weighted by molar-refractivity contribution is 6.00. The van der Waals surface area contributed by atoms with E-state index < -0.39 is 24.9 Å². The van der Waals surface area contributed by atoms with E-state index in [0.717, 1.165) is 0 Å². The average molecular weight is 240 g/mol. The lowest BCUT2D eigenvalue weighted by molar-refractivity contribution is -0.323. The number of alkyl halides is 3. The molecule has 5 nitrogen and oxygen atoms in total. The minimum atomic E-state index is -4.66. The van der Waals surface area contributed by atoms with Gasteiger partial charge in [0.05, 0.1) is 12.6 Å². The van der Waals surface area contributed by atoms with Crippen LogP contribution >= 0.6 is 0 Å². The molecule has 1 unspecified atom stereocenters. The van der Waals surface area contributed by atoms with Crippen LogP contribution < -0.4 is 10.6 Å². The first-order chi connectivity index (χ1) is 7.38. The van der Waals surface area contributed by atoms with Crippen LogP contribution in [0.25, 0.3) is 0 Å². The molecule has 8 heteroatoms. The van der Waals surface area contributed by atoms with E-state index in [2.05, 4.69) is 15.4 Å². The molecule has 2 N–H and O–H groups in total. The molecule has 0 aliphatic carbocycles. The summed E-state index contributed by atoms with van der Waals surface area (Å²) in [5.74, 6) is -0.877. The SMILES string of the molecule is O=C1CCC(NCCOC(F)(F)F)C(=O)N1. The van der Waals surface area contributed by atoms with Crippen molar-refractivity contribution in [3.8, 4) is 0 Å². The highest BCUT2D eigenvalue weighted by atomic mass is 19.4. The highest BCUT2D eigenvalue weighted by Crippen LogP contribution is 2.15. The largest absolute Gasteiger partial charge is 0.522 e. The van der Waals surface area contributed by atoms with Crippen LogP contribution in [0.4, 0.5) is 13.2 Å². The third kappa shape index (κ3) is 4.58. The maximum Gasteiger partial charge on any atom is 0.522 e. The fraction of sp³-hybridized carbons (Fsp3) is 0.750. The third-order valence-electron chi connectivity index (χ3n) is 2.00. The molecule has 1 aliphatic rings. The standard InChI is InChI=1S/C8H11F3N2O3/c9-8(10,11)16-4-3-12-5-1-2-6(14)13-7(5)15/h5,12H,1-4H2,(H,13,14,15). The lowest BCUT2D eigenvalue weighted by atomic mass is 10.1. The van der Waals surface area contributed by atoms with E-state index in [4.69, 9.17) is 0 Å². The number of carbonyl (C=O) groups excluding carboxylic acids is 2. The van der Waals surface area contributed by atoms with Crippen molar-refractivity contribution in [1.82, 2.24) is 10.6 Å². The predicted octanol–water partition coefficient (Wildman–Crippen LogP) is -0.0824. The Morgan fingerprint density at radius 2 is 2.12 bits per heavy atom. The molecule has 0 spiro atoms. The van der Waals surface area contributed by atoms with Gasteiger partial charge in [-0.3, -0.25) is 19.6 Å². The predicted molar refractivity (Wildman–Crippen MR) is 46.2 cm³/mol. The van der Waals surface area contributed by atoms with Crippen LogP contribution in [-0.4, -0.2) is 37.4 Å². The van der Waals surface area contributed by atoms with Gasteiger partial charge in [0.1, 0.15) is 0 Å². The molecular weight excluding hydrogens is 229 g/mol. The maximum absolute atomic E-state index is 11.6. The summed E-state index contributed by atoms with van der Waals surface area (Å²) in [6, 6.07) is -0.630. The van der Waals surface area contributed by atoms with Crippen molar-refractivity contribution in [2.75, 3.05) is 13.2 Å². The van der Waals surface area contributed by atoms with Gasteiger partial charge in [0.2, 0.25) is 11.8 Å². The Kier molecular flexibility index (Phi) is 4.25. The summed E-state index contributed by atoms with van der Waals surface area (Å²) in [6.45, 7) is -0.674. The first-order valence-electron chi connectivity index (χ1n) is 4.66. The second-order valence-electron chi connectivity index (χ2n) is 3.25. The number of amides is 2. The molecule has 92 valence electrons. The van der Waals surface area contributed by atoms with E-state index in [1.165, 1.54) is 0 Å². The van der Waals surface area contributed by atoms with Crippen LogP contribution in [0.3, 0.4) is 0 Å². The number of piperidine rings is 1. The molecule has 16 heavy (non-hydrogen) atoms. The molecule has 1 aliphatic heterocycles. The van der Waals surface area contributed by atoms with Gasteiger partial charge in [0, 0.05) is 13.0 Å². The van der Waals surface area contributed by atoms with Gasteiger partial charge in [-0.05, 0) is 6.42 Å². The van der Waals surface area contributed by atoms with E-state index >= 15 is 0 Å². The number of ether oxygens (including phenoxy) is 1. The summed E-state index contributed by atoms with van der Waals surface area (Å²) < 4.78 is 38.2.